The summed E-state index contributed by atoms with van der Waals surface area (Å²) in [7, 11) is 1.97. The highest BCUT2D eigenvalue weighted by Gasteiger charge is 2.17. The molecule has 17 heavy (non-hydrogen) atoms. The lowest BCUT2D eigenvalue weighted by molar-refractivity contribution is 0.202. The van der Waals surface area contributed by atoms with Crippen molar-refractivity contribution in [3.63, 3.8) is 0 Å². The molecule has 3 rings (SSSR count). The number of aromatic nitrogens is 2. The Kier molecular flexibility index (Phi) is 2.52. The minimum Gasteiger partial charge on any atom is -0.489 e. The third kappa shape index (κ3) is 1.78. The first kappa shape index (κ1) is 10.6. The quantitative estimate of drug-likeness (QED) is 0.814. The normalized spacial score (nSPS) is 19.8. The van der Waals surface area contributed by atoms with E-state index in [0.29, 0.717) is 0 Å². The standard InChI is InChI=1S/C13H17N3O/c1-3-11-8-14-6-10-4-12-9(5-13(10)17-11)7-15-16(12)2/h4-5,7,11,14H,3,6,8H2,1-2H3/t11-/m1/s1. The number of hydrogen-bond donors (Lipinski definition) is 1. The number of rotatable bonds is 1. The fraction of sp³-hybridized carbons (Fsp3) is 0.462. The Hall–Kier alpha value is -1.55. The summed E-state index contributed by atoms with van der Waals surface area (Å²) in [6, 6.07) is 4.27. The summed E-state index contributed by atoms with van der Waals surface area (Å²) < 4.78 is 7.92. The highest BCUT2D eigenvalue weighted by Crippen LogP contribution is 2.28. The van der Waals surface area contributed by atoms with Crippen molar-refractivity contribution in [3.8, 4) is 5.75 Å². The van der Waals surface area contributed by atoms with E-state index >= 15 is 0 Å². The van der Waals surface area contributed by atoms with Gasteiger partial charge in [0.15, 0.2) is 0 Å². The highest BCUT2D eigenvalue weighted by molar-refractivity contribution is 5.81. The molecular weight excluding hydrogens is 214 g/mol. The van der Waals surface area contributed by atoms with Crippen LogP contribution in [0.25, 0.3) is 10.9 Å². The van der Waals surface area contributed by atoms with Gasteiger partial charge in [-0.1, -0.05) is 6.92 Å². The lowest BCUT2D eigenvalue weighted by Gasteiger charge is -2.15. The highest BCUT2D eigenvalue weighted by atomic mass is 16.5. The first-order valence-electron chi connectivity index (χ1n) is 6.10. The molecule has 1 atom stereocenters. The average Bonchev–Trinajstić information content (AvgIpc) is 2.59. The van der Waals surface area contributed by atoms with Crippen LogP contribution in [0.2, 0.25) is 0 Å². The van der Waals surface area contributed by atoms with Crippen LogP contribution >= 0.6 is 0 Å². The second-order valence-electron chi connectivity index (χ2n) is 4.57. The first-order valence-corrected chi connectivity index (χ1v) is 6.10. The molecule has 90 valence electrons. The molecule has 1 aromatic heterocycles. The van der Waals surface area contributed by atoms with Crippen LogP contribution in [0.4, 0.5) is 0 Å². The largest absolute Gasteiger partial charge is 0.489 e. The van der Waals surface area contributed by atoms with E-state index in [1.54, 1.807) is 0 Å². The van der Waals surface area contributed by atoms with Crippen molar-refractivity contribution in [2.24, 2.45) is 7.05 Å². The number of benzene rings is 1. The van der Waals surface area contributed by atoms with Gasteiger partial charge in [0.05, 0.1) is 11.7 Å². The molecule has 0 aliphatic carbocycles. The summed E-state index contributed by atoms with van der Waals surface area (Å²) in [5.74, 6) is 1.00. The van der Waals surface area contributed by atoms with Crippen molar-refractivity contribution < 1.29 is 4.74 Å². The minimum absolute atomic E-state index is 0.269. The molecule has 4 heteroatoms. The predicted octanol–water partition coefficient (Wildman–Crippen LogP) is 1.83. The Bertz CT molecular complexity index is 547. The van der Waals surface area contributed by atoms with Gasteiger partial charge in [-0.25, -0.2) is 0 Å². The van der Waals surface area contributed by atoms with E-state index in [1.807, 2.05) is 17.9 Å². The second-order valence-corrected chi connectivity index (χ2v) is 4.57. The maximum atomic E-state index is 6.02. The summed E-state index contributed by atoms with van der Waals surface area (Å²) in [5, 5.41) is 8.84. The van der Waals surface area contributed by atoms with E-state index in [9.17, 15) is 0 Å². The third-order valence-corrected chi connectivity index (χ3v) is 3.36. The van der Waals surface area contributed by atoms with Crippen molar-refractivity contribution in [3.05, 3.63) is 23.9 Å². The summed E-state index contributed by atoms with van der Waals surface area (Å²) in [5.41, 5.74) is 2.38. The van der Waals surface area contributed by atoms with Crippen LogP contribution in [0, 0.1) is 0 Å². The Morgan fingerprint density at radius 3 is 3.24 bits per heavy atom. The predicted molar refractivity (Wildman–Crippen MR) is 67.1 cm³/mol. The topological polar surface area (TPSA) is 39.1 Å². The van der Waals surface area contributed by atoms with Gasteiger partial charge >= 0.3 is 0 Å². The van der Waals surface area contributed by atoms with E-state index in [-0.39, 0.29) is 6.10 Å². The zero-order chi connectivity index (χ0) is 11.8. The molecule has 2 aromatic rings. The van der Waals surface area contributed by atoms with Crippen LogP contribution in [0.15, 0.2) is 18.3 Å². The maximum absolute atomic E-state index is 6.02. The molecule has 0 unspecified atom stereocenters. The number of fused-ring (bicyclic) bond motifs is 2. The van der Waals surface area contributed by atoms with Crippen LogP contribution in [0.1, 0.15) is 18.9 Å². The SMILES string of the molecule is CC[C@@H]1CNCc2cc3c(cnn3C)cc2O1. The number of nitrogens with zero attached hydrogens (tertiary/aromatic N) is 2. The van der Waals surface area contributed by atoms with Gasteiger partial charge in [0, 0.05) is 31.1 Å². The van der Waals surface area contributed by atoms with Crippen LogP contribution in [0.5, 0.6) is 5.75 Å². The molecule has 1 aliphatic heterocycles. The van der Waals surface area contributed by atoms with Crippen molar-refractivity contribution >= 4 is 10.9 Å². The average molecular weight is 231 g/mol. The zero-order valence-electron chi connectivity index (χ0n) is 10.2. The van der Waals surface area contributed by atoms with Gasteiger partial charge in [-0.2, -0.15) is 5.10 Å². The van der Waals surface area contributed by atoms with Crippen LogP contribution in [-0.2, 0) is 13.6 Å². The monoisotopic (exact) mass is 231 g/mol. The molecule has 1 aliphatic rings. The molecular formula is C13H17N3O. The molecule has 0 bridgehead atoms. The number of hydrogen-bond acceptors (Lipinski definition) is 3. The van der Waals surface area contributed by atoms with Crippen LogP contribution in [0.3, 0.4) is 0 Å². The number of ether oxygens (including phenoxy) is 1. The van der Waals surface area contributed by atoms with E-state index in [2.05, 4.69) is 29.5 Å². The van der Waals surface area contributed by atoms with Crippen molar-refractivity contribution in [2.45, 2.75) is 26.0 Å². The molecule has 1 aromatic carbocycles. The molecule has 0 fully saturated rings. The fourth-order valence-corrected chi connectivity index (χ4v) is 2.29. The smallest absolute Gasteiger partial charge is 0.125 e. The van der Waals surface area contributed by atoms with E-state index in [0.717, 1.165) is 36.2 Å². The summed E-state index contributed by atoms with van der Waals surface area (Å²) in [4.78, 5) is 0. The number of nitrogens with one attached hydrogen (secondary N) is 1. The zero-order valence-corrected chi connectivity index (χ0v) is 10.2. The maximum Gasteiger partial charge on any atom is 0.125 e. The third-order valence-electron chi connectivity index (χ3n) is 3.36. The van der Waals surface area contributed by atoms with Gasteiger partial charge in [0.25, 0.3) is 0 Å². The van der Waals surface area contributed by atoms with E-state index < -0.39 is 0 Å². The Morgan fingerprint density at radius 1 is 1.53 bits per heavy atom. The molecule has 0 spiro atoms. The fourth-order valence-electron chi connectivity index (χ4n) is 2.29. The van der Waals surface area contributed by atoms with Gasteiger partial charge in [-0.05, 0) is 18.6 Å². The summed E-state index contributed by atoms with van der Waals surface area (Å²) in [6.45, 7) is 3.94. The molecule has 0 saturated heterocycles. The molecule has 4 nitrogen and oxygen atoms in total. The van der Waals surface area contributed by atoms with Gasteiger partial charge in [-0.3, -0.25) is 4.68 Å². The van der Waals surface area contributed by atoms with Gasteiger partial charge in [0.2, 0.25) is 0 Å². The van der Waals surface area contributed by atoms with Crippen LogP contribution in [-0.4, -0.2) is 22.4 Å². The lowest BCUT2D eigenvalue weighted by atomic mass is 10.1. The molecule has 1 N–H and O–H groups in total. The van der Waals surface area contributed by atoms with Crippen LogP contribution < -0.4 is 10.1 Å². The van der Waals surface area contributed by atoms with Crippen molar-refractivity contribution in [1.82, 2.24) is 15.1 Å². The first-order chi connectivity index (χ1) is 8.28. The molecule has 2 heterocycles. The van der Waals surface area contributed by atoms with Crippen molar-refractivity contribution in [1.29, 1.82) is 0 Å². The van der Waals surface area contributed by atoms with E-state index in [4.69, 9.17) is 4.74 Å². The number of aryl methyl sites for hydroxylation is 1. The Balaban J connectivity index is 2.10. The molecule has 0 saturated carbocycles. The second kappa shape index (κ2) is 4.04. The van der Waals surface area contributed by atoms with Gasteiger partial charge in [-0.15, -0.1) is 0 Å². The van der Waals surface area contributed by atoms with Gasteiger partial charge in [0.1, 0.15) is 11.9 Å². The van der Waals surface area contributed by atoms with Gasteiger partial charge < -0.3 is 10.1 Å². The summed E-state index contributed by atoms with van der Waals surface area (Å²) in [6.07, 6.45) is 3.18. The molecule has 0 radical (unpaired) electrons. The molecule has 0 amide bonds. The minimum atomic E-state index is 0.269. The van der Waals surface area contributed by atoms with Crippen molar-refractivity contribution in [2.75, 3.05) is 6.54 Å². The van der Waals surface area contributed by atoms with E-state index in [1.165, 1.54) is 5.56 Å². The Morgan fingerprint density at radius 2 is 2.41 bits per heavy atom. The lowest BCUT2D eigenvalue weighted by Crippen LogP contribution is -2.27. The summed E-state index contributed by atoms with van der Waals surface area (Å²) >= 11 is 0. The Labute approximate surface area is 101 Å².